The zero-order valence-corrected chi connectivity index (χ0v) is 11.6. The minimum absolute atomic E-state index is 0.141. The van der Waals surface area contributed by atoms with Crippen molar-refractivity contribution in [2.24, 2.45) is 12.1 Å². The molecule has 0 spiro atoms. The maximum atomic E-state index is 11.8. The van der Waals surface area contributed by atoms with Gasteiger partial charge in [-0.1, -0.05) is 12.1 Å². The molecule has 0 saturated heterocycles. The second-order valence-electron chi connectivity index (χ2n) is 3.79. The number of nitrogens with one attached hydrogen (secondary N) is 1. The Morgan fingerprint density at radius 1 is 1.58 bits per heavy atom. The van der Waals surface area contributed by atoms with Gasteiger partial charge in [0.05, 0.1) is 10.7 Å². The molecule has 1 aromatic carbocycles. The summed E-state index contributed by atoms with van der Waals surface area (Å²) in [6.45, 7) is 0. The van der Waals surface area contributed by atoms with Crippen molar-refractivity contribution in [2.45, 2.75) is 0 Å². The number of aromatic nitrogens is 2. The minimum Gasteiger partial charge on any atom is -0.508 e. The maximum Gasteiger partial charge on any atom is 0.293 e. The number of aryl methyl sites for hydroxylation is 1. The molecular weight excluding hydrogens is 312 g/mol. The number of benzene rings is 1. The lowest BCUT2D eigenvalue weighted by Gasteiger charge is -1.97. The van der Waals surface area contributed by atoms with E-state index in [1.165, 1.54) is 17.0 Å². The van der Waals surface area contributed by atoms with E-state index < -0.39 is 5.91 Å². The molecule has 1 heterocycles. The summed E-state index contributed by atoms with van der Waals surface area (Å²) in [5.41, 5.74) is 3.30. The largest absolute Gasteiger partial charge is 0.508 e. The van der Waals surface area contributed by atoms with Crippen molar-refractivity contribution in [1.29, 1.82) is 0 Å². The number of halogens is 1. The smallest absolute Gasteiger partial charge is 0.293 e. The molecule has 0 aliphatic rings. The fraction of sp³-hybridized carbons (Fsp3) is 0.0833. The fourth-order valence-corrected chi connectivity index (χ4v) is 1.99. The van der Waals surface area contributed by atoms with Crippen LogP contribution in [-0.4, -0.2) is 27.0 Å². The molecule has 2 aromatic rings. The van der Waals surface area contributed by atoms with Crippen LogP contribution in [0, 0.1) is 0 Å². The fourth-order valence-electron chi connectivity index (χ4n) is 1.44. The molecule has 0 aliphatic carbocycles. The molecule has 0 fully saturated rings. The third kappa shape index (κ3) is 3.41. The third-order valence-corrected chi connectivity index (χ3v) is 2.83. The molecule has 7 heteroatoms. The predicted octanol–water partition coefficient (Wildman–Crippen LogP) is 1.65. The van der Waals surface area contributed by atoms with Crippen molar-refractivity contribution >= 4 is 28.1 Å². The Bertz CT molecular complexity index is 636. The van der Waals surface area contributed by atoms with Crippen LogP contribution in [0.2, 0.25) is 0 Å². The lowest BCUT2D eigenvalue weighted by Crippen LogP contribution is -2.18. The third-order valence-electron chi connectivity index (χ3n) is 2.25. The summed E-state index contributed by atoms with van der Waals surface area (Å²) in [5, 5.41) is 17.1. The average Bonchev–Trinajstić information content (AvgIpc) is 2.68. The number of rotatable bonds is 3. The van der Waals surface area contributed by atoms with Gasteiger partial charge in [-0.05, 0) is 33.6 Å². The molecule has 1 amide bonds. The highest BCUT2D eigenvalue weighted by molar-refractivity contribution is 9.10. The van der Waals surface area contributed by atoms with E-state index in [-0.39, 0.29) is 11.4 Å². The van der Waals surface area contributed by atoms with Crippen LogP contribution >= 0.6 is 15.9 Å². The second kappa shape index (κ2) is 5.66. The van der Waals surface area contributed by atoms with Gasteiger partial charge < -0.3 is 5.11 Å². The summed E-state index contributed by atoms with van der Waals surface area (Å²) in [7, 11) is 1.72. The first-order valence-electron chi connectivity index (χ1n) is 5.38. The first-order chi connectivity index (χ1) is 9.06. The van der Waals surface area contributed by atoms with Gasteiger partial charge in [-0.3, -0.25) is 9.48 Å². The summed E-state index contributed by atoms with van der Waals surface area (Å²) in [5.74, 6) is -0.272. The highest BCUT2D eigenvalue weighted by Crippen LogP contribution is 2.13. The van der Waals surface area contributed by atoms with Gasteiger partial charge in [0.25, 0.3) is 5.91 Å². The molecular formula is C12H11BrN4O2. The lowest BCUT2D eigenvalue weighted by molar-refractivity contribution is 0.0948. The number of hydrazone groups is 1. The van der Waals surface area contributed by atoms with Gasteiger partial charge in [0, 0.05) is 13.2 Å². The van der Waals surface area contributed by atoms with Crippen molar-refractivity contribution in [2.75, 3.05) is 0 Å². The van der Waals surface area contributed by atoms with Gasteiger partial charge in [-0.25, -0.2) is 5.43 Å². The molecule has 2 N–H and O–H groups in total. The number of hydrogen-bond acceptors (Lipinski definition) is 4. The van der Waals surface area contributed by atoms with Gasteiger partial charge in [0.2, 0.25) is 0 Å². The first kappa shape index (κ1) is 13.3. The van der Waals surface area contributed by atoms with E-state index >= 15 is 0 Å². The molecule has 0 saturated carbocycles. The van der Waals surface area contributed by atoms with E-state index in [9.17, 15) is 9.90 Å². The monoisotopic (exact) mass is 322 g/mol. The van der Waals surface area contributed by atoms with Crippen LogP contribution < -0.4 is 5.43 Å². The second-order valence-corrected chi connectivity index (χ2v) is 4.65. The van der Waals surface area contributed by atoms with Crippen molar-refractivity contribution in [3.8, 4) is 5.75 Å². The zero-order chi connectivity index (χ0) is 13.8. The minimum atomic E-state index is -0.413. The molecule has 0 unspecified atom stereocenters. The Hall–Kier alpha value is -2.15. The van der Waals surface area contributed by atoms with Crippen LogP contribution in [0.1, 0.15) is 16.1 Å². The molecule has 6 nitrogen and oxygen atoms in total. The van der Waals surface area contributed by atoms with E-state index in [1.54, 1.807) is 31.4 Å². The van der Waals surface area contributed by atoms with Crippen LogP contribution in [0.4, 0.5) is 0 Å². The Morgan fingerprint density at radius 3 is 3.00 bits per heavy atom. The predicted molar refractivity (Wildman–Crippen MR) is 74.1 cm³/mol. The zero-order valence-electron chi connectivity index (χ0n) is 10.0. The number of hydrogen-bond donors (Lipinski definition) is 2. The molecule has 98 valence electrons. The highest BCUT2D eigenvalue weighted by atomic mass is 79.9. The van der Waals surface area contributed by atoms with Crippen molar-refractivity contribution in [3.05, 3.63) is 46.2 Å². The highest BCUT2D eigenvalue weighted by Gasteiger charge is 2.13. The van der Waals surface area contributed by atoms with E-state index in [1.807, 2.05) is 0 Å². The lowest BCUT2D eigenvalue weighted by atomic mass is 10.2. The molecule has 0 bridgehead atoms. The summed E-state index contributed by atoms with van der Waals surface area (Å²) >= 11 is 3.23. The topological polar surface area (TPSA) is 79.5 Å². The van der Waals surface area contributed by atoms with E-state index in [4.69, 9.17) is 0 Å². The Kier molecular flexibility index (Phi) is 3.96. The number of amides is 1. The Labute approximate surface area is 117 Å². The molecule has 0 atom stereocenters. The van der Waals surface area contributed by atoms with Crippen LogP contribution in [-0.2, 0) is 7.05 Å². The first-order valence-corrected chi connectivity index (χ1v) is 6.17. The normalized spacial score (nSPS) is 10.8. The van der Waals surface area contributed by atoms with Crippen molar-refractivity contribution < 1.29 is 9.90 Å². The Morgan fingerprint density at radius 2 is 2.37 bits per heavy atom. The Balaban J connectivity index is 2.03. The number of phenolic OH excluding ortho intramolecular Hbond substituents is 1. The molecule has 19 heavy (non-hydrogen) atoms. The standard InChI is InChI=1S/C12H11BrN4O2/c1-17-7-10(13)11(16-17)12(19)15-14-6-8-3-2-4-9(18)5-8/h2-7,18H,1H3,(H,15,19). The molecule has 0 aliphatic heterocycles. The van der Waals surface area contributed by atoms with Gasteiger partial charge in [-0.15, -0.1) is 0 Å². The number of aromatic hydroxyl groups is 1. The number of phenols is 1. The summed E-state index contributed by atoms with van der Waals surface area (Å²) in [6, 6.07) is 6.53. The number of carbonyl (C=O) groups is 1. The number of nitrogens with zero attached hydrogens (tertiary/aromatic N) is 3. The maximum absolute atomic E-state index is 11.8. The summed E-state index contributed by atoms with van der Waals surface area (Å²) < 4.78 is 2.12. The summed E-state index contributed by atoms with van der Waals surface area (Å²) in [6.07, 6.45) is 3.11. The average molecular weight is 323 g/mol. The van der Waals surface area contributed by atoms with Gasteiger partial charge >= 0.3 is 0 Å². The van der Waals surface area contributed by atoms with Crippen molar-refractivity contribution in [3.63, 3.8) is 0 Å². The van der Waals surface area contributed by atoms with E-state index in [2.05, 4.69) is 31.6 Å². The van der Waals surface area contributed by atoms with Crippen LogP contribution in [0.25, 0.3) is 0 Å². The number of carbonyl (C=O) groups excluding carboxylic acids is 1. The van der Waals surface area contributed by atoms with Crippen LogP contribution in [0.5, 0.6) is 5.75 Å². The summed E-state index contributed by atoms with van der Waals surface area (Å²) in [4.78, 5) is 11.8. The van der Waals surface area contributed by atoms with Crippen LogP contribution in [0.15, 0.2) is 40.0 Å². The molecule has 0 radical (unpaired) electrons. The van der Waals surface area contributed by atoms with E-state index in [0.29, 0.717) is 10.0 Å². The molecule has 1 aromatic heterocycles. The quantitative estimate of drug-likeness (QED) is 0.666. The van der Waals surface area contributed by atoms with Gasteiger partial charge in [-0.2, -0.15) is 10.2 Å². The SMILES string of the molecule is Cn1cc(Br)c(C(=O)NN=Cc2cccc(O)c2)n1. The van der Waals surface area contributed by atoms with E-state index in [0.717, 1.165) is 0 Å². The van der Waals surface area contributed by atoms with Crippen molar-refractivity contribution in [1.82, 2.24) is 15.2 Å². The van der Waals surface area contributed by atoms with Gasteiger partial charge in [0.1, 0.15) is 5.75 Å². The molecule has 2 rings (SSSR count). The van der Waals surface area contributed by atoms with Gasteiger partial charge in [0.15, 0.2) is 5.69 Å². The van der Waals surface area contributed by atoms with Crippen LogP contribution in [0.3, 0.4) is 0 Å².